The summed E-state index contributed by atoms with van der Waals surface area (Å²) < 4.78 is 5.36. The van der Waals surface area contributed by atoms with Crippen molar-refractivity contribution in [2.24, 2.45) is 11.1 Å². The van der Waals surface area contributed by atoms with Gasteiger partial charge in [-0.15, -0.1) is 0 Å². The van der Waals surface area contributed by atoms with Crippen LogP contribution in [0, 0.1) is 12.3 Å². The minimum atomic E-state index is 0.0687. The topological polar surface area (TPSA) is 90.7 Å². The SMILES string of the molecule is Cc1nccc(-c2noc(C(CN)CC(C)(C)C)n2)n1. The summed E-state index contributed by atoms with van der Waals surface area (Å²) in [5, 5.41) is 3.99. The van der Waals surface area contributed by atoms with Crippen molar-refractivity contribution in [1.29, 1.82) is 0 Å². The Hall–Kier alpha value is -1.82. The number of rotatable bonds is 4. The molecule has 0 aliphatic carbocycles. The second-order valence-electron chi connectivity index (χ2n) is 6.14. The Morgan fingerprint density at radius 3 is 2.65 bits per heavy atom. The van der Waals surface area contributed by atoms with Crippen LogP contribution in [0.3, 0.4) is 0 Å². The predicted octanol–water partition coefficient (Wildman–Crippen LogP) is 2.31. The lowest BCUT2D eigenvalue weighted by molar-refractivity contribution is 0.287. The Kier molecular flexibility index (Phi) is 4.13. The average molecular weight is 275 g/mol. The van der Waals surface area contributed by atoms with E-state index in [1.165, 1.54) is 0 Å². The van der Waals surface area contributed by atoms with Gasteiger partial charge >= 0.3 is 0 Å². The highest BCUT2D eigenvalue weighted by Crippen LogP contribution is 2.30. The average Bonchev–Trinajstić information content (AvgIpc) is 2.84. The van der Waals surface area contributed by atoms with Crippen LogP contribution < -0.4 is 5.73 Å². The maximum atomic E-state index is 5.83. The third kappa shape index (κ3) is 3.60. The van der Waals surface area contributed by atoms with Gasteiger partial charge in [-0.2, -0.15) is 4.98 Å². The molecule has 6 nitrogen and oxygen atoms in total. The zero-order chi connectivity index (χ0) is 14.8. The van der Waals surface area contributed by atoms with E-state index in [9.17, 15) is 0 Å². The highest BCUT2D eigenvalue weighted by atomic mass is 16.5. The molecule has 0 fully saturated rings. The monoisotopic (exact) mass is 275 g/mol. The van der Waals surface area contributed by atoms with Gasteiger partial charge in [0.25, 0.3) is 0 Å². The first-order valence-electron chi connectivity index (χ1n) is 6.73. The van der Waals surface area contributed by atoms with E-state index in [0.29, 0.717) is 29.8 Å². The fourth-order valence-corrected chi connectivity index (χ4v) is 2.10. The summed E-state index contributed by atoms with van der Waals surface area (Å²) in [6.07, 6.45) is 2.58. The first-order chi connectivity index (χ1) is 9.39. The minimum Gasteiger partial charge on any atom is -0.339 e. The highest BCUT2D eigenvalue weighted by Gasteiger charge is 2.24. The molecule has 0 aliphatic heterocycles. The van der Waals surface area contributed by atoms with Gasteiger partial charge in [-0.05, 0) is 24.8 Å². The van der Waals surface area contributed by atoms with Gasteiger partial charge in [0.05, 0.1) is 5.92 Å². The molecule has 2 aromatic heterocycles. The van der Waals surface area contributed by atoms with E-state index in [1.54, 1.807) is 12.3 Å². The fourth-order valence-electron chi connectivity index (χ4n) is 2.10. The number of aromatic nitrogens is 4. The molecule has 0 radical (unpaired) electrons. The third-order valence-electron chi connectivity index (χ3n) is 2.94. The summed E-state index contributed by atoms with van der Waals surface area (Å²) in [5.74, 6) is 1.81. The predicted molar refractivity (Wildman–Crippen MR) is 75.9 cm³/mol. The quantitative estimate of drug-likeness (QED) is 0.920. The van der Waals surface area contributed by atoms with Gasteiger partial charge in [-0.1, -0.05) is 25.9 Å². The number of nitrogens with two attached hydrogens (primary N) is 1. The van der Waals surface area contributed by atoms with Gasteiger partial charge in [0.2, 0.25) is 11.7 Å². The molecule has 2 rings (SSSR count). The molecule has 0 spiro atoms. The molecule has 0 amide bonds. The van der Waals surface area contributed by atoms with E-state index in [4.69, 9.17) is 10.3 Å². The molecule has 0 aromatic carbocycles. The molecular formula is C14H21N5O. The van der Waals surface area contributed by atoms with Crippen molar-refractivity contribution in [2.75, 3.05) is 6.54 Å². The Balaban J connectivity index is 2.23. The van der Waals surface area contributed by atoms with Crippen molar-refractivity contribution in [3.8, 4) is 11.5 Å². The summed E-state index contributed by atoms with van der Waals surface area (Å²) in [4.78, 5) is 12.8. The first kappa shape index (κ1) is 14.6. The largest absolute Gasteiger partial charge is 0.339 e. The second-order valence-corrected chi connectivity index (χ2v) is 6.14. The zero-order valence-electron chi connectivity index (χ0n) is 12.4. The van der Waals surface area contributed by atoms with E-state index in [2.05, 4.69) is 40.9 Å². The van der Waals surface area contributed by atoms with E-state index in [-0.39, 0.29) is 11.3 Å². The molecule has 1 unspecified atom stereocenters. The fraction of sp³-hybridized carbons (Fsp3) is 0.571. The van der Waals surface area contributed by atoms with Crippen molar-refractivity contribution in [2.45, 2.75) is 40.0 Å². The van der Waals surface area contributed by atoms with Crippen LogP contribution in [-0.4, -0.2) is 26.7 Å². The molecule has 1 atom stereocenters. The number of nitrogens with zero attached hydrogens (tertiary/aromatic N) is 4. The summed E-state index contributed by atoms with van der Waals surface area (Å²) in [5.41, 5.74) is 6.65. The van der Waals surface area contributed by atoms with E-state index < -0.39 is 0 Å². The molecule has 0 saturated carbocycles. The zero-order valence-corrected chi connectivity index (χ0v) is 12.4. The molecule has 0 aliphatic rings. The van der Waals surface area contributed by atoms with Crippen LogP contribution in [0.2, 0.25) is 0 Å². The second kappa shape index (κ2) is 5.66. The standard InChI is InChI=1S/C14H21N5O/c1-9-16-6-5-11(17-9)12-18-13(20-19-12)10(8-15)7-14(2,3)4/h5-6,10H,7-8,15H2,1-4H3. The Bertz CT molecular complexity index is 573. The Morgan fingerprint density at radius 2 is 2.05 bits per heavy atom. The van der Waals surface area contributed by atoms with Crippen LogP contribution in [0.1, 0.15) is 44.8 Å². The summed E-state index contributed by atoms with van der Waals surface area (Å²) in [6, 6.07) is 1.77. The van der Waals surface area contributed by atoms with E-state index in [0.717, 1.165) is 6.42 Å². The van der Waals surface area contributed by atoms with Crippen molar-refractivity contribution < 1.29 is 4.52 Å². The summed E-state index contributed by atoms with van der Waals surface area (Å²) in [7, 11) is 0. The van der Waals surface area contributed by atoms with E-state index in [1.807, 2.05) is 6.92 Å². The van der Waals surface area contributed by atoms with Gasteiger partial charge in [0.1, 0.15) is 11.5 Å². The number of aryl methyl sites for hydroxylation is 1. The van der Waals surface area contributed by atoms with Crippen LogP contribution in [0.5, 0.6) is 0 Å². The summed E-state index contributed by atoms with van der Waals surface area (Å²) in [6.45, 7) is 8.82. The smallest absolute Gasteiger partial charge is 0.231 e. The Morgan fingerprint density at radius 1 is 1.30 bits per heavy atom. The van der Waals surface area contributed by atoms with Crippen LogP contribution in [0.4, 0.5) is 0 Å². The molecule has 2 N–H and O–H groups in total. The number of hydrogen-bond donors (Lipinski definition) is 1. The van der Waals surface area contributed by atoms with Crippen molar-refractivity contribution in [1.82, 2.24) is 20.1 Å². The van der Waals surface area contributed by atoms with Gasteiger partial charge < -0.3 is 10.3 Å². The molecule has 2 heterocycles. The molecule has 6 heteroatoms. The van der Waals surface area contributed by atoms with Crippen LogP contribution in [0.15, 0.2) is 16.8 Å². The highest BCUT2D eigenvalue weighted by molar-refractivity contribution is 5.47. The lowest BCUT2D eigenvalue weighted by Crippen LogP contribution is -2.19. The lowest BCUT2D eigenvalue weighted by atomic mass is 9.84. The maximum Gasteiger partial charge on any atom is 0.231 e. The molecule has 20 heavy (non-hydrogen) atoms. The van der Waals surface area contributed by atoms with Crippen molar-refractivity contribution in [3.63, 3.8) is 0 Å². The molecule has 0 bridgehead atoms. The minimum absolute atomic E-state index is 0.0687. The van der Waals surface area contributed by atoms with Gasteiger partial charge in [0.15, 0.2) is 0 Å². The van der Waals surface area contributed by atoms with E-state index >= 15 is 0 Å². The number of hydrogen-bond acceptors (Lipinski definition) is 6. The van der Waals surface area contributed by atoms with Crippen LogP contribution >= 0.6 is 0 Å². The molecule has 108 valence electrons. The molecule has 0 saturated heterocycles. The van der Waals surface area contributed by atoms with Gasteiger partial charge in [-0.3, -0.25) is 0 Å². The lowest BCUT2D eigenvalue weighted by Gasteiger charge is -2.22. The maximum absolute atomic E-state index is 5.83. The first-order valence-corrected chi connectivity index (χ1v) is 6.73. The molecule has 2 aromatic rings. The summed E-state index contributed by atoms with van der Waals surface area (Å²) >= 11 is 0. The van der Waals surface area contributed by atoms with Crippen LogP contribution in [0.25, 0.3) is 11.5 Å². The van der Waals surface area contributed by atoms with Gasteiger partial charge in [-0.25, -0.2) is 9.97 Å². The van der Waals surface area contributed by atoms with Crippen molar-refractivity contribution in [3.05, 3.63) is 24.0 Å². The van der Waals surface area contributed by atoms with Crippen LogP contribution in [-0.2, 0) is 0 Å². The Labute approximate surface area is 118 Å². The normalized spacial score (nSPS) is 13.4. The molecular weight excluding hydrogens is 254 g/mol. The van der Waals surface area contributed by atoms with Crippen molar-refractivity contribution >= 4 is 0 Å². The third-order valence-corrected chi connectivity index (χ3v) is 2.94. The van der Waals surface area contributed by atoms with Gasteiger partial charge in [0, 0.05) is 12.7 Å².